The van der Waals surface area contributed by atoms with E-state index < -0.39 is 58.7 Å². The van der Waals surface area contributed by atoms with E-state index in [4.69, 9.17) is 55.8 Å². The van der Waals surface area contributed by atoms with Gasteiger partial charge in [0.1, 0.15) is 24.4 Å². The molecule has 1 rings (SSSR count). The van der Waals surface area contributed by atoms with Crippen LogP contribution in [0.4, 0.5) is 0 Å². The third kappa shape index (κ3) is 20.3. The normalized spacial score (nSPS) is 29.2. The number of rotatable bonds is 28. The molecule has 1 saturated heterocycles. The van der Waals surface area contributed by atoms with Crippen molar-refractivity contribution in [2.45, 2.75) is 100 Å². The summed E-state index contributed by atoms with van der Waals surface area (Å²) in [5, 5.41) is 74.9. The van der Waals surface area contributed by atoms with Gasteiger partial charge in [0.05, 0.1) is 52.9 Å². The molecule has 0 bridgehead atoms. The van der Waals surface area contributed by atoms with E-state index in [1.165, 1.54) is 0 Å². The summed E-state index contributed by atoms with van der Waals surface area (Å²) in [6.07, 6.45) is -1.44. The number of aliphatic hydroxyl groups excluding tert-OH is 8. The van der Waals surface area contributed by atoms with Gasteiger partial charge < -0.3 is 76.3 Å². The Morgan fingerprint density at radius 2 is 0.583 bits per heavy atom. The lowest BCUT2D eigenvalue weighted by molar-refractivity contribution is 0.00557. The lowest BCUT2D eigenvalue weighted by atomic mass is 10.4. The third-order valence-electron chi connectivity index (χ3n) is 7.49. The summed E-state index contributed by atoms with van der Waals surface area (Å²) < 4.78 is 50.4. The smallest absolute Gasteiger partial charge is 0.317 e. The minimum Gasteiger partial charge on any atom is -0.416 e. The van der Waals surface area contributed by atoms with Crippen LogP contribution in [-0.2, 0) is 35.4 Å². The average Bonchev–Trinajstić information content (AvgIpc) is 3.02. The fourth-order valence-electron chi connectivity index (χ4n) is 5.39. The molecule has 0 amide bonds. The molecule has 1 fully saturated rings. The van der Waals surface area contributed by atoms with Crippen molar-refractivity contribution in [3.05, 3.63) is 0 Å². The molecule has 20 heteroatoms. The molecule has 48 heavy (non-hydrogen) atoms. The van der Waals surface area contributed by atoms with Crippen LogP contribution in [0.5, 0.6) is 0 Å². The molecule has 4 unspecified atom stereocenters. The second-order valence-corrected chi connectivity index (χ2v) is 27.3. The van der Waals surface area contributed by atoms with Gasteiger partial charge in [0.15, 0.2) is 0 Å². The summed E-state index contributed by atoms with van der Waals surface area (Å²) in [6, 6.07) is 2.27. The second-order valence-electron chi connectivity index (χ2n) is 13.0. The third-order valence-corrected chi connectivity index (χ3v) is 26.4. The van der Waals surface area contributed by atoms with Crippen molar-refractivity contribution in [1.82, 2.24) is 0 Å². The fraction of sp³-hybridized carbons (Fsp3) is 1.00. The summed E-state index contributed by atoms with van der Waals surface area (Å²) in [4.78, 5) is 0. The van der Waals surface area contributed by atoms with Gasteiger partial charge in [-0.05, 0) is 76.0 Å². The summed E-state index contributed by atoms with van der Waals surface area (Å²) in [5.41, 5.74) is 0. The van der Waals surface area contributed by atoms with E-state index in [-0.39, 0.29) is 52.9 Å². The fourth-order valence-corrected chi connectivity index (χ4v) is 28.6. The Hall–Kier alpha value is 0.228. The van der Waals surface area contributed by atoms with E-state index in [1.807, 2.05) is 26.2 Å². The van der Waals surface area contributed by atoms with Crippen LogP contribution in [0, 0.1) is 0 Å². The number of hydrogen-bond acceptors (Lipinski definition) is 16. The van der Waals surface area contributed by atoms with Crippen LogP contribution in [0.3, 0.4) is 0 Å². The Morgan fingerprint density at radius 3 is 0.750 bits per heavy atom. The highest BCUT2D eigenvalue weighted by atomic mass is 28.5. The molecule has 16 nitrogen and oxygen atoms in total. The Morgan fingerprint density at radius 1 is 0.396 bits per heavy atom. The Labute approximate surface area is 289 Å². The molecule has 0 radical (unpaired) electrons. The summed E-state index contributed by atoms with van der Waals surface area (Å²) in [7, 11) is -11.9. The molecule has 0 aromatic rings. The zero-order valence-electron chi connectivity index (χ0n) is 29.3. The van der Waals surface area contributed by atoms with E-state index in [0.29, 0.717) is 76.3 Å². The largest absolute Gasteiger partial charge is 0.416 e. The van der Waals surface area contributed by atoms with Crippen LogP contribution in [0.25, 0.3) is 0 Å². The molecular formula is C28H64O16Si4. The van der Waals surface area contributed by atoms with E-state index in [1.54, 1.807) is 0 Å². The molecule has 0 aromatic heterocycles. The molecular weight excluding hydrogens is 705 g/mol. The molecule has 1 aliphatic heterocycles. The lowest BCUT2D eigenvalue weighted by Gasteiger charge is -2.50. The van der Waals surface area contributed by atoms with Crippen molar-refractivity contribution in [2.75, 3.05) is 79.3 Å². The predicted molar refractivity (Wildman–Crippen MR) is 184 cm³/mol. The molecule has 288 valence electrons. The van der Waals surface area contributed by atoms with Gasteiger partial charge in [-0.2, -0.15) is 0 Å². The maximum atomic E-state index is 9.63. The molecule has 0 spiro atoms. The quantitative estimate of drug-likeness (QED) is 0.0366. The monoisotopic (exact) mass is 768 g/mol. The molecule has 8 N–H and O–H groups in total. The van der Waals surface area contributed by atoms with Gasteiger partial charge in [-0.25, -0.2) is 0 Å². The van der Waals surface area contributed by atoms with Gasteiger partial charge in [-0.1, -0.05) is 0 Å². The van der Waals surface area contributed by atoms with Crippen LogP contribution in [0.15, 0.2) is 0 Å². The zero-order chi connectivity index (χ0) is 36.1. The topological polar surface area (TPSA) is 236 Å². The summed E-state index contributed by atoms with van der Waals surface area (Å²) in [5.74, 6) is 0. The highest BCUT2D eigenvalue weighted by molar-refractivity contribution is 6.93. The van der Waals surface area contributed by atoms with Gasteiger partial charge in [-0.15, -0.1) is 0 Å². The van der Waals surface area contributed by atoms with Crippen LogP contribution in [0.1, 0.15) is 25.7 Å². The molecule has 1 heterocycles. The Balaban J connectivity index is 3.18. The molecule has 4 atom stereocenters. The molecule has 1 aliphatic rings. The SMILES string of the molecule is C[Si]1(CCCOCC(O)CO)O[Si](C)(CCCOCC(O)CO)O[Si](C)(CCCOCC(O)CO)O[Si](C)(CCCOCC(O)CO)O1. The van der Waals surface area contributed by atoms with Crippen molar-refractivity contribution >= 4 is 34.2 Å². The number of hydrogen-bond donors (Lipinski definition) is 8. The minimum atomic E-state index is -2.98. The van der Waals surface area contributed by atoms with Gasteiger partial charge in [-0.3, -0.25) is 0 Å². The molecule has 0 saturated carbocycles. The molecule has 0 aromatic carbocycles. The van der Waals surface area contributed by atoms with Gasteiger partial charge >= 0.3 is 34.2 Å². The average molecular weight is 769 g/mol. The first-order chi connectivity index (χ1) is 22.6. The maximum Gasteiger partial charge on any atom is 0.317 e. The van der Waals surface area contributed by atoms with E-state index in [2.05, 4.69) is 0 Å². The standard InChI is InChI=1S/C28H64O16Si4/c1-45(13-5-9-37-21-25(33)17-29)41-46(2,14-6-10-38-22-26(34)18-30)43-48(4,16-8-12-40-24-28(36)20-32)44-47(3,42-45)15-7-11-39-23-27(35)19-31/h25-36H,5-24H2,1-4H3. The van der Waals surface area contributed by atoms with E-state index in [9.17, 15) is 20.4 Å². The first kappa shape index (κ1) is 46.2. The van der Waals surface area contributed by atoms with Crippen molar-refractivity contribution in [3.8, 4) is 0 Å². The lowest BCUT2D eigenvalue weighted by Crippen LogP contribution is -2.67. The minimum absolute atomic E-state index is 0.0181. The van der Waals surface area contributed by atoms with Crippen LogP contribution >= 0.6 is 0 Å². The van der Waals surface area contributed by atoms with Crippen molar-refractivity contribution in [3.63, 3.8) is 0 Å². The summed E-state index contributed by atoms with van der Waals surface area (Å²) >= 11 is 0. The second kappa shape index (κ2) is 24.5. The highest BCUT2D eigenvalue weighted by Gasteiger charge is 2.56. The number of aliphatic hydroxyl groups is 8. The van der Waals surface area contributed by atoms with Crippen molar-refractivity contribution in [2.24, 2.45) is 0 Å². The zero-order valence-corrected chi connectivity index (χ0v) is 33.3. The highest BCUT2D eigenvalue weighted by Crippen LogP contribution is 2.38. The maximum absolute atomic E-state index is 9.63. The van der Waals surface area contributed by atoms with E-state index in [0.717, 1.165) is 0 Å². The summed E-state index contributed by atoms with van der Waals surface area (Å²) in [6.45, 7) is 7.91. The Kier molecular flexibility index (Phi) is 23.6. The van der Waals surface area contributed by atoms with Gasteiger partial charge in [0.2, 0.25) is 0 Å². The van der Waals surface area contributed by atoms with Crippen molar-refractivity contribution < 1.29 is 76.3 Å². The van der Waals surface area contributed by atoms with Crippen LogP contribution in [0.2, 0.25) is 50.4 Å². The van der Waals surface area contributed by atoms with Gasteiger partial charge in [0, 0.05) is 26.4 Å². The molecule has 0 aliphatic carbocycles. The van der Waals surface area contributed by atoms with Crippen LogP contribution in [-0.4, -0.2) is 179 Å². The predicted octanol–water partition coefficient (Wildman–Crippen LogP) is -0.606. The van der Waals surface area contributed by atoms with E-state index >= 15 is 0 Å². The first-order valence-corrected chi connectivity index (χ1v) is 27.0. The van der Waals surface area contributed by atoms with Crippen molar-refractivity contribution in [1.29, 1.82) is 0 Å². The van der Waals surface area contributed by atoms with Gasteiger partial charge in [0.25, 0.3) is 0 Å². The Bertz CT molecular complexity index is 685. The van der Waals surface area contributed by atoms with Crippen LogP contribution < -0.4 is 0 Å². The first-order valence-electron chi connectivity index (χ1n) is 16.9. The number of ether oxygens (including phenoxy) is 4.